The molecule has 4 aromatic rings. The maximum Gasteiger partial charge on any atom is 0.373 e. The van der Waals surface area contributed by atoms with Crippen molar-refractivity contribution in [2.75, 3.05) is 7.11 Å². The summed E-state index contributed by atoms with van der Waals surface area (Å²) >= 11 is 1.66. The monoisotopic (exact) mass is 448 g/mol. The molecule has 0 fully saturated rings. The molecule has 0 N–H and O–H groups in total. The average molecular weight is 449 g/mol. The van der Waals surface area contributed by atoms with Crippen LogP contribution >= 0.6 is 11.3 Å². The van der Waals surface area contributed by atoms with E-state index in [-0.39, 0.29) is 17.9 Å². The van der Waals surface area contributed by atoms with Crippen LogP contribution in [0.3, 0.4) is 0 Å². The van der Waals surface area contributed by atoms with Crippen LogP contribution in [0.15, 0.2) is 51.7 Å². The molecule has 164 valence electrons. The van der Waals surface area contributed by atoms with Gasteiger partial charge >= 0.3 is 5.97 Å². The summed E-state index contributed by atoms with van der Waals surface area (Å²) in [6.07, 6.45) is 3.55. The highest BCUT2D eigenvalue weighted by Gasteiger charge is 2.25. The predicted molar refractivity (Wildman–Crippen MR) is 123 cm³/mol. The number of nitrogens with zero attached hydrogens (tertiary/aromatic N) is 2. The molecule has 7 heteroatoms. The van der Waals surface area contributed by atoms with Gasteiger partial charge in [-0.1, -0.05) is 37.3 Å². The van der Waals surface area contributed by atoms with Crippen molar-refractivity contribution in [3.63, 3.8) is 0 Å². The summed E-state index contributed by atoms with van der Waals surface area (Å²) in [5.74, 6) is 1.41. The van der Waals surface area contributed by atoms with E-state index < -0.39 is 5.97 Å². The van der Waals surface area contributed by atoms with E-state index in [1.807, 2.05) is 30.3 Å². The molecular weight excluding hydrogens is 424 g/mol. The van der Waals surface area contributed by atoms with Crippen LogP contribution in [0.25, 0.3) is 10.2 Å². The van der Waals surface area contributed by atoms with Gasteiger partial charge in [-0.3, -0.25) is 9.36 Å². The van der Waals surface area contributed by atoms with Crippen LogP contribution in [0.4, 0.5) is 0 Å². The number of carbonyl (C=O) groups excluding carboxylic acids is 1. The lowest BCUT2D eigenvalue weighted by Crippen LogP contribution is -2.26. The summed E-state index contributed by atoms with van der Waals surface area (Å²) in [6.45, 7) is 2.47. The number of benzene rings is 1. The third kappa shape index (κ3) is 3.77. The van der Waals surface area contributed by atoms with Gasteiger partial charge in [-0.2, -0.15) is 0 Å². The zero-order valence-electron chi connectivity index (χ0n) is 18.1. The maximum atomic E-state index is 13.8. The highest BCUT2D eigenvalue weighted by molar-refractivity contribution is 7.18. The summed E-state index contributed by atoms with van der Waals surface area (Å²) < 4.78 is 12.1. The van der Waals surface area contributed by atoms with Gasteiger partial charge < -0.3 is 9.15 Å². The molecule has 32 heavy (non-hydrogen) atoms. The summed E-state index contributed by atoms with van der Waals surface area (Å²) in [4.78, 5) is 32.6. The number of aromatic nitrogens is 2. The van der Waals surface area contributed by atoms with E-state index in [2.05, 4.69) is 6.92 Å². The third-order valence-corrected chi connectivity index (χ3v) is 7.21. The van der Waals surface area contributed by atoms with Crippen molar-refractivity contribution in [3.8, 4) is 0 Å². The number of furan rings is 1. The van der Waals surface area contributed by atoms with Gasteiger partial charge in [0, 0.05) is 11.3 Å². The first kappa shape index (κ1) is 20.7. The van der Waals surface area contributed by atoms with Gasteiger partial charge in [0.1, 0.15) is 16.4 Å². The number of rotatable bonds is 5. The van der Waals surface area contributed by atoms with Crippen LogP contribution in [-0.2, 0) is 30.5 Å². The Morgan fingerprint density at radius 1 is 1.25 bits per heavy atom. The number of aryl methyl sites for hydroxylation is 1. The van der Waals surface area contributed by atoms with E-state index in [0.29, 0.717) is 23.9 Å². The second-order valence-corrected chi connectivity index (χ2v) is 9.45. The predicted octanol–water partition coefficient (Wildman–Crippen LogP) is 4.60. The Bertz CT molecular complexity index is 1350. The number of thiophene rings is 1. The fraction of sp³-hybridized carbons (Fsp3) is 0.320. The minimum atomic E-state index is -0.539. The highest BCUT2D eigenvalue weighted by atomic mass is 32.1. The standard InChI is InChI=1S/C25H24N2O4S/c1-15-8-10-18-20(12-15)32-23-22(18)24(28)27(14-17-9-11-19(31-17)25(29)30-2)21(26-23)13-16-6-4-3-5-7-16/h3-7,9,11,15H,8,10,12-14H2,1-2H3. The van der Waals surface area contributed by atoms with E-state index in [4.69, 9.17) is 14.1 Å². The van der Waals surface area contributed by atoms with E-state index in [0.717, 1.165) is 40.6 Å². The Balaban J connectivity index is 1.63. The van der Waals surface area contributed by atoms with Gasteiger partial charge in [0.25, 0.3) is 5.56 Å². The summed E-state index contributed by atoms with van der Waals surface area (Å²) in [7, 11) is 1.31. The first-order valence-electron chi connectivity index (χ1n) is 10.8. The van der Waals surface area contributed by atoms with Gasteiger partial charge in [0.15, 0.2) is 0 Å². The SMILES string of the molecule is COC(=O)c1ccc(Cn2c(Cc3ccccc3)nc3sc4c(c3c2=O)CCC(C)C4)o1. The van der Waals surface area contributed by atoms with Crippen LogP contribution in [0.2, 0.25) is 0 Å². The minimum Gasteiger partial charge on any atom is -0.463 e. The van der Waals surface area contributed by atoms with Crippen molar-refractivity contribution in [2.45, 2.75) is 39.2 Å². The van der Waals surface area contributed by atoms with Crippen molar-refractivity contribution in [1.82, 2.24) is 9.55 Å². The van der Waals surface area contributed by atoms with Crippen LogP contribution in [0, 0.1) is 5.92 Å². The molecule has 1 aliphatic carbocycles. The summed E-state index contributed by atoms with van der Waals surface area (Å²) in [5.41, 5.74) is 2.21. The molecule has 3 heterocycles. The second-order valence-electron chi connectivity index (χ2n) is 8.37. The topological polar surface area (TPSA) is 74.3 Å². The van der Waals surface area contributed by atoms with E-state index in [9.17, 15) is 9.59 Å². The lowest BCUT2D eigenvalue weighted by molar-refractivity contribution is 0.0563. The first-order valence-corrected chi connectivity index (χ1v) is 11.6. The molecule has 0 spiro atoms. The van der Waals surface area contributed by atoms with Crippen LogP contribution < -0.4 is 5.56 Å². The lowest BCUT2D eigenvalue weighted by Gasteiger charge is -2.17. The number of hydrogen-bond acceptors (Lipinski definition) is 6. The average Bonchev–Trinajstić information content (AvgIpc) is 3.40. The zero-order chi connectivity index (χ0) is 22.2. The van der Waals surface area contributed by atoms with Gasteiger partial charge in [-0.25, -0.2) is 9.78 Å². The number of esters is 1. The molecule has 1 aliphatic rings. The van der Waals surface area contributed by atoms with Crippen molar-refractivity contribution in [1.29, 1.82) is 0 Å². The molecule has 5 rings (SSSR count). The summed E-state index contributed by atoms with van der Waals surface area (Å²) in [6, 6.07) is 13.3. The molecule has 0 saturated carbocycles. The van der Waals surface area contributed by atoms with Gasteiger partial charge in [0.2, 0.25) is 5.76 Å². The summed E-state index contributed by atoms with van der Waals surface area (Å²) in [5, 5.41) is 0.744. The normalized spacial score (nSPS) is 15.6. The van der Waals surface area contributed by atoms with Crippen molar-refractivity contribution < 1.29 is 13.9 Å². The van der Waals surface area contributed by atoms with Crippen molar-refractivity contribution in [2.24, 2.45) is 5.92 Å². The van der Waals surface area contributed by atoms with Crippen molar-refractivity contribution in [3.05, 3.63) is 86.2 Å². The minimum absolute atomic E-state index is 0.0380. The number of hydrogen-bond donors (Lipinski definition) is 0. The molecule has 1 unspecified atom stereocenters. The Labute approximate surface area is 189 Å². The second kappa shape index (κ2) is 8.39. The molecule has 6 nitrogen and oxygen atoms in total. The molecule has 0 saturated heterocycles. The van der Waals surface area contributed by atoms with E-state index in [1.54, 1.807) is 28.0 Å². The fourth-order valence-corrected chi connectivity index (χ4v) is 5.76. The lowest BCUT2D eigenvalue weighted by atomic mass is 9.89. The molecule has 0 radical (unpaired) electrons. The van der Waals surface area contributed by atoms with Crippen LogP contribution in [0.1, 0.15) is 51.5 Å². The maximum absolute atomic E-state index is 13.8. The molecule has 1 atom stereocenters. The smallest absolute Gasteiger partial charge is 0.373 e. The van der Waals surface area contributed by atoms with Gasteiger partial charge in [0.05, 0.1) is 19.0 Å². The Morgan fingerprint density at radius 2 is 2.06 bits per heavy atom. The van der Waals surface area contributed by atoms with Crippen LogP contribution in [0.5, 0.6) is 0 Å². The molecule has 1 aromatic carbocycles. The highest BCUT2D eigenvalue weighted by Crippen LogP contribution is 2.36. The van der Waals surface area contributed by atoms with Crippen molar-refractivity contribution >= 4 is 27.5 Å². The van der Waals surface area contributed by atoms with Gasteiger partial charge in [-0.15, -0.1) is 11.3 Å². The quantitative estimate of drug-likeness (QED) is 0.417. The molecule has 0 aliphatic heterocycles. The fourth-order valence-electron chi connectivity index (χ4n) is 4.37. The number of methoxy groups -OCH3 is 1. The molecule has 3 aromatic heterocycles. The van der Waals surface area contributed by atoms with E-state index in [1.165, 1.54) is 12.0 Å². The number of fused-ring (bicyclic) bond motifs is 3. The Kier molecular flexibility index (Phi) is 5.43. The Morgan fingerprint density at radius 3 is 2.84 bits per heavy atom. The molecule has 0 amide bonds. The van der Waals surface area contributed by atoms with Crippen LogP contribution in [-0.4, -0.2) is 22.6 Å². The largest absolute Gasteiger partial charge is 0.463 e. The zero-order valence-corrected chi connectivity index (χ0v) is 18.9. The van der Waals surface area contributed by atoms with Gasteiger partial charge in [-0.05, 0) is 48.4 Å². The number of carbonyl (C=O) groups is 1. The first-order chi connectivity index (χ1) is 15.5. The molecule has 0 bridgehead atoms. The number of ether oxygens (including phenoxy) is 1. The molecular formula is C25H24N2O4S. The third-order valence-electron chi connectivity index (χ3n) is 6.06. The Hall–Kier alpha value is -3.19. The van der Waals surface area contributed by atoms with E-state index >= 15 is 0 Å².